The highest BCUT2D eigenvalue weighted by Crippen LogP contribution is 2.30. The lowest BCUT2D eigenvalue weighted by Crippen LogP contribution is -2.48. The lowest BCUT2D eigenvalue weighted by Gasteiger charge is -2.37. The summed E-state index contributed by atoms with van der Waals surface area (Å²) in [6.45, 7) is 2.73. The van der Waals surface area contributed by atoms with Crippen LogP contribution in [0.15, 0.2) is 115 Å². The zero-order chi connectivity index (χ0) is 29.4. The number of likely N-dealkylation sites (tertiary alicyclic amines) is 1. The van der Waals surface area contributed by atoms with Gasteiger partial charge in [0.25, 0.3) is 0 Å². The Hall–Kier alpha value is -4.16. The highest BCUT2D eigenvalue weighted by Gasteiger charge is 2.30. The van der Waals surface area contributed by atoms with Crippen molar-refractivity contribution >= 4 is 12.0 Å². The first-order valence-corrected chi connectivity index (χ1v) is 14.4. The van der Waals surface area contributed by atoms with Gasteiger partial charge in [0.15, 0.2) is 0 Å². The van der Waals surface area contributed by atoms with Gasteiger partial charge < -0.3 is 5.32 Å². The maximum absolute atomic E-state index is 13.1. The quantitative estimate of drug-likeness (QED) is 0.207. The molecule has 0 aliphatic carbocycles. The van der Waals surface area contributed by atoms with Gasteiger partial charge in [-0.1, -0.05) is 97.1 Å². The van der Waals surface area contributed by atoms with Gasteiger partial charge in [0.05, 0.1) is 5.56 Å². The molecule has 1 saturated heterocycles. The molecule has 1 aliphatic rings. The van der Waals surface area contributed by atoms with E-state index < -0.39 is 11.7 Å². The van der Waals surface area contributed by atoms with Gasteiger partial charge in [-0.2, -0.15) is 13.2 Å². The summed E-state index contributed by atoms with van der Waals surface area (Å²) in [5.74, 6) is -0.0688. The predicted octanol–water partition coefficient (Wildman–Crippen LogP) is 8.03. The number of nitrogens with zero attached hydrogens (tertiary/aromatic N) is 1. The summed E-state index contributed by atoms with van der Waals surface area (Å²) in [4.78, 5) is 15.6. The Morgan fingerprint density at radius 1 is 0.857 bits per heavy atom. The van der Waals surface area contributed by atoms with E-state index in [-0.39, 0.29) is 17.9 Å². The fraction of sp³-hybridized carbons (Fsp3) is 0.250. The van der Waals surface area contributed by atoms with Gasteiger partial charge >= 0.3 is 6.18 Å². The van der Waals surface area contributed by atoms with Crippen molar-refractivity contribution < 1.29 is 18.0 Å². The summed E-state index contributed by atoms with van der Waals surface area (Å²) >= 11 is 0. The van der Waals surface area contributed by atoms with E-state index in [9.17, 15) is 18.0 Å². The Morgan fingerprint density at radius 3 is 2.26 bits per heavy atom. The molecule has 1 N–H and O–H groups in total. The number of rotatable bonds is 9. The molecule has 0 aromatic heterocycles. The van der Waals surface area contributed by atoms with Crippen molar-refractivity contribution in [3.63, 3.8) is 0 Å². The van der Waals surface area contributed by atoms with Crippen LogP contribution in [0.4, 0.5) is 13.2 Å². The number of halogens is 3. The maximum atomic E-state index is 13.1. The van der Waals surface area contributed by atoms with Crippen LogP contribution in [0, 0.1) is 5.92 Å². The number of carbonyl (C=O) groups excluding carboxylic acids is 1. The zero-order valence-corrected chi connectivity index (χ0v) is 23.4. The predicted molar refractivity (Wildman–Crippen MR) is 162 cm³/mol. The minimum Gasteiger partial charge on any atom is -0.349 e. The van der Waals surface area contributed by atoms with Gasteiger partial charge in [-0.15, -0.1) is 0 Å². The van der Waals surface area contributed by atoms with Crippen LogP contribution < -0.4 is 5.32 Å². The van der Waals surface area contributed by atoms with Crippen LogP contribution in [0.25, 0.3) is 17.2 Å². The van der Waals surface area contributed by atoms with Crippen molar-refractivity contribution in [1.82, 2.24) is 10.2 Å². The summed E-state index contributed by atoms with van der Waals surface area (Å²) in [6.07, 6.45) is 1.05. The molecule has 6 heteroatoms. The zero-order valence-electron chi connectivity index (χ0n) is 23.4. The van der Waals surface area contributed by atoms with Crippen LogP contribution in [-0.2, 0) is 23.9 Å². The molecule has 216 valence electrons. The standard InChI is InChI=1S/C36H35F3N2O/c37-36(38,39)33-15-7-11-27(23-33)18-21-35(42)40-34(24-28-16-19-31(20-17-28)30-12-5-2-6-13-30)32-14-8-22-41(26-32)25-29-9-3-1-4-10-29/h1-7,9-13,15-21,23,32,34H,8,14,22,24-26H2,(H,40,42)/b21-18+. The molecule has 1 heterocycles. The van der Waals surface area contributed by atoms with Crippen molar-refractivity contribution in [3.05, 3.63) is 138 Å². The fourth-order valence-corrected chi connectivity index (χ4v) is 5.68. The van der Waals surface area contributed by atoms with E-state index in [2.05, 4.69) is 70.9 Å². The lowest BCUT2D eigenvalue weighted by molar-refractivity contribution is -0.137. The Labute approximate surface area is 245 Å². The summed E-state index contributed by atoms with van der Waals surface area (Å²) in [5.41, 5.74) is 4.27. The second-order valence-corrected chi connectivity index (χ2v) is 11.0. The third kappa shape index (κ3) is 8.20. The topological polar surface area (TPSA) is 32.3 Å². The first-order valence-electron chi connectivity index (χ1n) is 14.4. The number of nitrogens with one attached hydrogen (secondary N) is 1. The molecule has 0 radical (unpaired) electrons. The average molecular weight is 569 g/mol. The molecular formula is C36H35F3N2O. The third-order valence-electron chi connectivity index (χ3n) is 7.85. The fourth-order valence-electron chi connectivity index (χ4n) is 5.68. The smallest absolute Gasteiger partial charge is 0.349 e. The number of hydrogen-bond acceptors (Lipinski definition) is 2. The molecule has 0 saturated carbocycles. The SMILES string of the molecule is O=C(/C=C/c1cccc(C(F)(F)F)c1)NC(Cc1ccc(-c2ccccc2)cc1)C1CCCN(Cc2ccccc2)C1. The largest absolute Gasteiger partial charge is 0.416 e. The van der Waals surface area contributed by atoms with Crippen molar-refractivity contribution in [2.24, 2.45) is 5.92 Å². The number of amides is 1. The summed E-state index contributed by atoms with van der Waals surface area (Å²) in [6, 6.07) is 33.9. The van der Waals surface area contributed by atoms with Gasteiger partial charge in [-0.25, -0.2) is 0 Å². The lowest BCUT2D eigenvalue weighted by atomic mass is 9.86. The molecular weight excluding hydrogens is 533 g/mol. The second-order valence-electron chi connectivity index (χ2n) is 11.0. The van der Waals surface area contributed by atoms with E-state index in [1.54, 1.807) is 6.07 Å². The minimum atomic E-state index is -4.43. The maximum Gasteiger partial charge on any atom is 0.416 e. The molecule has 2 atom stereocenters. The van der Waals surface area contributed by atoms with Crippen molar-refractivity contribution in [1.29, 1.82) is 0 Å². The molecule has 5 rings (SSSR count). The molecule has 0 spiro atoms. The number of piperidine rings is 1. The van der Waals surface area contributed by atoms with Gasteiger partial charge in [0.1, 0.15) is 0 Å². The molecule has 1 amide bonds. The van der Waals surface area contributed by atoms with Crippen molar-refractivity contribution in [2.45, 2.75) is 38.0 Å². The second kappa shape index (κ2) is 13.7. The van der Waals surface area contributed by atoms with Crippen molar-refractivity contribution in [3.8, 4) is 11.1 Å². The van der Waals surface area contributed by atoms with Crippen LogP contribution in [0.1, 0.15) is 35.1 Å². The van der Waals surface area contributed by atoms with E-state index in [0.29, 0.717) is 12.0 Å². The normalized spacial score (nSPS) is 16.8. The molecule has 0 bridgehead atoms. The first kappa shape index (κ1) is 29.3. The number of carbonyl (C=O) groups is 1. The van der Waals surface area contributed by atoms with Gasteiger partial charge in [-0.3, -0.25) is 9.69 Å². The highest BCUT2D eigenvalue weighted by molar-refractivity contribution is 5.92. The Morgan fingerprint density at radius 2 is 1.55 bits per heavy atom. The van der Waals surface area contributed by atoms with E-state index in [0.717, 1.165) is 61.3 Å². The van der Waals surface area contributed by atoms with Gasteiger partial charge in [-0.05, 0) is 77.8 Å². The van der Waals surface area contributed by atoms with Crippen LogP contribution in [0.3, 0.4) is 0 Å². The molecule has 1 aliphatic heterocycles. The average Bonchev–Trinajstić information content (AvgIpc) is 3.01. The molecule has 3 nitrogen and oxygen atoms in total. The van der Waals surface area contributed by atoms with Crippen molar-refractivity contribution in [2.75, 3.05) is 13.1 Å². The van der Waals surface area contributed by atoms with E-state index in [1.807, 2.05) is 24.3 Å². The first-order chi connectivity index (χ1) is 20.3. The van der Waals surface area contributed by atoms with Gasteiger partial charge in [0, 0.05) is 25.2 Å². The number of hydrogen-bond donors (Lipinski definition) is 1. The van der Waals surface area contributed by atoms with E-state index in [1.165, 1.54) is 23.8 Å². The van der Waals surface area contributed by atoms with Crippen LogP contribution in [0.5, 0.6) is 0 Å². The highest BCUT2D eigenvalue weighted by atomic mass is 19.4. The van der Waals surface area contributed by atoms with Gasteiger partial charge in [0.2, 0.25) is 5.91 Å². The monoisotopic (exact) mass is 568 g/mol. The molecule has 1 fully saturated rings. The van der Waals surface area contributed by atoms with Crippen LogP contribution >= 0.6 is 0 Å². The molecule has 4 aromatic rings. The minimum absolute atomic E-state index is 0.121. The van der Waals surface area contributed by atoms with Crippen LogP contribution in [0.2, 0.25) is 0 Å². The molecule has 2 unspecified atom stereocenters. The Kier molecular flexibility index (Phi) is 9.55. The number of benzene rings is 4. The summed E-state index contributed by atoms with van der Waals surface area (Å²) in [5, 5.41) is 3.21. The summed E-state index contributed by atoms with van der Waals surface area (Å²) < 4.78 is 39.4. The number of alkyl halides is 3. The molecule has 4 aromatic carbocycles. The third-order valence-corrected chi connectivity index (χ3v) is 7.85. The Bertz CT molecular complexity index is 1470. The molecule has 42 heavy (non-hydrogen) atoms. The van der Waals surface area contributed by atoms with Crippen LogP contribution in [-0.4, -0.2) is 29.9 Å². The van der Waals surface area contributed by atoms with E-state index >= 15 is 0 Å². The summed E-state index contributed by atoms with van der Waals surface area (Å²) in [7, 11) is 0. The van der Waals surface area contributed by atoms with E-state index in [4.69, 9.17) is 0 Å². The Balaban J connectivity index is 1.31.